The monoisotopic (exact) mass is 353 g/mol. The highest BCUT2D eigenvalue weighted by atomic mass is 19.1. The molecule has 1 amide bonds. The van der Waals surface area contributed by atoms with Crippen LogP contribution in [0.2, 0.25) is 0 Å². The number of hydrogen-bond acceptors (Lipinski definition) is 2. The van der Waals surface area contributed by atoms with Crippen molar-refractivity contribution in [1.29, 1.82) is 0 Å². The normalized spacial score (nSPS) is 15.2. The molecule has 0 saturated heterocycles. The summed E-state index contributed by atoms with van der Waals surface area (Å²) in [5, 5.41) is 2.28. The fraction of sp³-hybridized carbons (Fsp3) is 0.300. The molecular formula is C20H20FN3O2. The third kappa shape index (κ3) is 2.81. The first-order chi connectivity index (χ1) is 12.6. The molecule has 1 fully saturated rings. The highest BCUT2D eigenvalue weighted by Gasteiger charge is 2.28. The Morgan fingerprint density at radius 2 is 1.88 bits per heavy atom. The van der Waals surface area contributed by atoms with Crippen LogP contribution in [0.1, 0.15) is 19.1 Å². The number of nitrogens with one attached hydrogen (secondary N) is 1. The summed E-state index contributed by atoms with van der Waals surface area (Å²) in [6.07, 6.45) is 0.104. The topological polar surface area (TPSA) is 56.0 Å². The lowest BCUT2D eigenvalue weighted by Crippen LogP contribution is -2.34. The molecule has 1 unspecified atom stereocenters. The van der Waals surface area contributed by atoms with Gasteiger partial charge < -0.3 is 5.32 Å². The van der Waals surface area contributed by atoms with E-state index in [1.807, 2.05) is 42.5 Å². The quantitative estimate of drug-likeness (QED) is 0.766. The van der Waals surface area contributed by atoms with Crippen LogP contribution < -0.4 is 11.0 Å². The number of nitrogens with zero attached hydrogens (tertiary/aromatic N) is 2. The maximum absolute atomic E-state index is 14.8. The van der Waals surface area contributed by atoms with Crippen LogP contribution in [-0.2, 0) is 11.3 Å². The standard InChI is InChI=1S/C20H20FN3O2/c1-22-19(25)18(21)24-17-11-15(14-5-3-2-4-6-14)9-10-16(17)23(20(24)26)12-13-7-8-13/h2-6,9-11,13,18H,7-8,12H2,1H3,(H,22,25). The first-order valence-electron chi connectivity index (χ1n) is 8.76. The Morgan fingerprint density at radius 3 is 2.54 bits per heavy atom. The summed E-state index contributed by atoms with van der Waals surface area (Å²) in [6.45, 7) is 0.563. The lowest BCUT2D eigenvalue weighted by Gasteiger charge is -2.09. The van der Waals surface area contributed by atoms with Crippen LogP contribution in [0.3, 0.4) is 0 Å². The van der Waals surface area contributed by atoms with Crippen LogP contribution in [0, 0.1) is 5.92 Å². The molecule has 1 aliphatic rings. The van der Waals surface area contributed by atoms with Gasteiger partial charge in [0.15, 0.2) is 0 Å². The Labute approximate surface area is 150 Å². The molecule has 134 valence electrons. The minimum atomic E-state index is -2.05. The summed E-state index contributed by atoms with van der Waals surface area (Å²) in [5.74, 6) is -0.374. The van der Waals surface area contributed by atoms with Crippen LogP contribution in [0.25, 0.3) is 22.2 Å². The summed E-state index contributed by atoms with van der Waals surface area (Å²) in [7, 11) is 1.36. The molecule has 6 heteroatoms. The zero-order valence-electron chi connectivity index (χ0n) is 14.5. The maximum atomic E-state index is 14.8. The summed E-state index contributed by atoms with van der Waals surface area (Å²) < 4.78 is 17.3. The van der Waals surface area contributed by atoms with Gasteiger partial charge >= 0.3 is 5.69 Å². The fourth-order valence-corrected chi connectivity index (χ4v) is 3.28. The van der Waals surface area contributed by atoms with E-state index in [9.17, 15) is 14.0 Å². The smallest absolute Gasteiger partial charge is 0.331 e. The number of rotatable bonds is 5. The molecule has 1 aromatic heterocycles. The van der Waals surface area contributed by atoms with Crippen molar-refractivity contribution >= 4 is 16.9 Å². The van der Waals surface area contributed by atoms with Crippen molar-refractivity contribution in [2.24, 2.45) is 5.92 Å². The second kappa shape index (κ2) is 6.44. The summed E-state index contributed by atoms with van der Waals surface area (Å²) in [6, 6.07) is 15.2. The number of alkyl halides is 1. The molecular weight excluding hydrogens is 333 g/mol. The van der Waals surface area contributed by atoms with Gasteiger partial charge in [-0.3, -0.25) is 13.9 Å². The Kier molecular flexibility index (Phi) is 4.11. The van der Waals surface area contributed by atoms with E-state index in [-0.39, 0.29) is 0 Å². The van der Waals surface area contributed by atoms with Crippen LogP contribution >= 0.6 is 0 Å². The number of fused-ring (bicyclic) bond motifs is 1. The van der Waals surface area contributed by atoms with Gasteiger partial charge in [0.25, 0.3) is 12.2 Å². The minimum absolute atomic E-state index is 0.438. The number of amides is 1. The second-order valence-corrected chi connectivity index (χ2v) is 6.73. The van der Waals surface area contributed by atoms with Gasteiger partial charge in [-0.1, -0.05) is 36.4 Å². The van der Waals surface area contributed by atoms with Crippen molar-refractivity contribution < 1.29 is 9.18 Å². The molecule has 0 bridgehead atoms. The molecule has 1 aliphatic carbocycles. The van der Waals surface area contributed by atoms with Crippen molar-refractivity contribution in [1.82, 2.24) is 14.5 Å². The molecule has 1 atom stereocenters. The van der Waals surface area contributed by atoms with Gasteiger partial charge in [0, 0.05) is 13.6 Å². The van der Waals surface area contributed by atoms with Gasteiger partial charge in [-0.25, -0.2) is 9.18 Å². The van der Waals surface area contributed by atoms with Crippen molar-refractivity contribution in [2.45, 2.75) is 25.7 Å². The number of carbonyl (C=O) groups excluding carboxylic acids is 1. The average molecular weight is 353 g/mol. The van der Waals surface area contributed by atoms with E-state index in [0.717, 1.165) is 28.5 Å². The molecule has 0 aliphatic heterocycles. The number of hydrogen-bond donors (Lipinski definition) is 1. The van der Waals surface area contributed by atoms with Gasteiger partial charge in [-0.15, -0.1) is 0 Å². The van der Waals surface area contributed by atoms with E-state index >= 15 is 0 Å². The summed E-state index contributed by atoms with van der Waals surface area (Å²) in [5.41, 5.74) is 2.47. The van der Waals surface area contributed by atoms with Crippen molar-refractivity contribution in [2.75, 3.05) is 7.05 Å². The van der Waals surface area contributed by atoms with E-state index in [4.69, 9.17) is 0 Å². The van der Waals surface area contributed by atoms with Crippen molar-refractivity contribution in [3.8, 4) is 11.1 Å². The lowest BCUT2D eigenvalue weighted by molar-refractivity contribution is -0.128. The molecule has 0 spiro atoms. The fourth-order valence-electron chi connectivity index (χ4n) is 3.28. The largest absolute Gasteiger partial charge is 0.355 e. The van der Waals surface area contributed by atoms with Crippen LogP contribution in [-0.4, -0.2) is 22.1 Å². The van der Waals surface area contributed by atoms with E-state index in [1.165, 1.54) is 7.05 Å². The summed E-state index contributed by atoms with van der Waals surface area (Å²) >= 11 is 0. The van der Waals surface area contributed by atoms with Gasteiger partial charge in [-0.05, 0) is 42.0 Å². The van der Waals surface area contributed by atoms with E-state index in [1.54, 1.807) is 10.6 Å². The van der Waals surface area contributed by atoms with Crippen LogP contribution in [0.15, 0.2) is 53.3 Å². The first-order valence-corrected chi connectivity index (χ1v) is 8.76. The molecule has 1 N–H and O–H groups in total. The lowest BCUT2D eigenvalue weighted by atomic mass is 10.1. The van der Waals surface area contributed by atoms with Gasteiger partial charge in [0.05, 0.1) is 11.0 Å². The second-order valence-electron chi connectivity index (χ2n) is 6.73. The molecule has 2 aromatic carbocycles. The maximum Gasteiger partial charge on any atom is 0.331 e. The Hall–Kier alpha value is -2.89. The highest BCUT2D eigenvalue weighted by molar-refractivity contribution is 5.86. The SMILES string of the molecule is CNC(=O)C(F)n1c(=O)n(CC2CC2)c2ccc(-c3ccccc3)cc21. The molecule has 26 heavy (non-hydrogen) atoms. The Bertz CT molecular complexity index is 1020. The van der Waals surface area contributed by atoms with Gasteiger partial charge in [-0.2, -0.15) is 0 Å². The first kappa shape index (κ1) is 16.6. The molecule has 5 nitrogen and oxygen atoms in total. The molecule has 4 rings (SSSR count). The highest BCUT2D eigenvalue weighted by Crippen LogP contribution is 2.32. The number of halogens is 1. The molecule has 0 radical (unpaired) electrons. The van der Waals surface area contributed by atoms with Crippen LogP contribution in [0.4, 0.5) is 4.39 Å². The van der Waals surface area contributed by atoms with E-state index in [2.05, 4.69) is 5.32 Å². The van der Waals surface area contributed by atoms with Crippen molar-refractivity contribution in [3.63, 3.8) is 0 Å². The van der Waals surface area contributed by atoms with Crippen molar-refractivity contribution in [3.05, 3.63) is 59.0 Å². The van der Waals surface area contributed by atoms with Gasteiger partial charge in [0.1, 0.15) is 0 Å². The predicted octanol–water partition coefficient (Wildman–Crippen LogP) is 3.09. The number of likely N-dealkylation sites (N-methyl/N-ethyl adjacent to an activating group) is 1. The van der Waals surface area contributed by atoms with Gasteiger partial charge in [0.2, 0.25) is 0 Å². The predicted molar refractivity (Wildman–Crippen MR) is 98.6 cm³/mol. The summed E-state index contributed by atoms with van der Waals surface area (Å²) in [4.78, 5) is 24.7. The minimum Gasteiger partial charge on any atom is -0.355 e. The number of imidazole rings is 1. The molecule has 3 aromatic rings. The Balaban J connectivity index is 1.92. The third-order valence-corrected chi connectivity index (χ3v) is 4.90. The molecule has 1 heterocycles. The Morgan fingerprint density at radius 1 is 1.15 bits per heavy atom. The molecule has 1 saturated carbocycles. The number of aromatic nitrogens is 2. The van der Waals surface area contributed by atoms with Crippen LogP contribution in [0.5, 0.6) is 0 Å². The number of benzene rings is 2. The average Bonchev–Trinajstić information content (AvgIpc) is 3.46. The third-order valence-electron chi connectivity index (χ3n) is 4.90. The van der Waals surface area contributed by atoms with E-state index < -0.39 is 17.9 Å². The van der Waals surface area contributed by atoms with E-state index in [0.29, 0.717) is 23.5 Å². The zero-order valence-corrected chi connectivity index (χ0v) is 14.5. The zero-order chi connectivity index (χ0) is 18.3. The number of carbonyl (C=O) groups is 1.